The van der Waals surface area contributed by atoms with Crippen LogP contribution in [0.1, 0.15) is 131 Å². The van der Waals surface area contributed by atoms with Gasteiger partial charge in [0.25, 0.3) is 0 Å². The molecule has 6 aliphatic rings. The number of carbonyl (C=O) groups is 1. The van der Waals surface area contributed by atoms with Gasteiger partial charge in [-0.15, -0.1) is 0 Å². The number of carbonyl (C=O) groups excluding carboxylic acids is 1. The second-order valence-electron chi connectivity index (χ2n) is 16.8. The van der Waals surface area contributed by atoms with Gasteiger partial charge in [-0.3, -0.25) is 4.79 Å². The first-order valence-electron chi connectivity index (χ1n) is 17.5. The van der Waals surface area contributed by atoms with E-state index in [2.05, 4.69) is 34.6 Å². The van der Waals surface area contributed by atoms with E-state index in [4.69, 9.17) is 0 Å². The summed E-state index contributed by atoms with van der Waals surface area (Å²) in [5.74, 6) is 0.386. The lowest BCUT2D eigenvalue weighted by Crippen LogP contribution is -2.61. The SMILES string of the molecule is CC(C)/C(C[C@@H](O)[C@@H](C)[C@H]1CC[C@@]2(O)C3=CC(=O)[C@@H]4C[C@@H](O)[C@@H](O)C[C@]4(C)[C@H]3CC[C@]12C)=C1\CCCC2(CCCC2)C1. The second kappa shape index (κ2) is 10.8. The molecule has 0 bridgehead atoms. The molecule has 0 heterocycles. The molecule has 5 fully saturated rings. The Morgan fingerprint density at radius 3 is 2.33 bits per heavy atom. The van der Waals surface area contributed by atoms with E-state index in [1.807, 2.05) is 0 Å². The highest BCUT2D eigenvalue weighted by atomic mass is 16.3. The van der Waals surface area contributed by atoms with Crippen LogP contribution >= 0.6 is 0 Å². The van der Waals surface area contributed by atoms with Gasteiger partial charge in [-0.05, 0) is 130 Å². The molecule has 0 aromatic heterocycles. The van der Waals surface area contributed by atoms with Crippen LogP contribution in [0.3, 0.4) is 0 Å². The molecule has 0 aliphatic heterocycles. The van der Waals surface area contributed by atoms with Crippen LogP contribution in [0.5, 0.6) is 0 Å². The summed E-state index contributed by atoms with van der Waals surface area (Å²) < 4.78 is 0. The Morgan fingerprint density at radius 1 is 0.952 bits per heavy atom. The first-order valence-corrected chi connectivity index (χ1v) is 17.5. The van der Waals surface area contributed by atoms with Crippen molar-refractivity contribution in [1.82, 2.24) is 0 Å². The third-order valence-electron chi connectivity index (χ3n) is 14.4. The topological polar surface area (TPSA) is 98.0 Å². The average Bonchev–Trinajstić information content (AvgIpc) is 3.49. The van der Waals surface area contributed by atoms with E-state index >= 15 is 0 Å². The number of ketones is 1. The molecule has 0 amide bonds. The fraction of sp³-hybridized carbons (Fsp3) is 0.865. The largest absolute Gasteiger partial charge is 0.393 e. The van der Waals surface area contributed by atoms with E-state index in [0.29, 0.717) is 30.6 Å². The summed E-state index contributed by atoms with van der Waals surface area (Å²) >= 11 is 0. The second-order valence-corrected chi connectivity index (χ2v) is 16.8. The summed E-state index contributed by atoms with van der Waals surface area (Å²) in [5, 5.41) is 45.4. The quantitative estimate of drug-likeness (QED) is 0.272. The Hall–Kier alpha value is -1.01. The normalized spacial score (nSPS) is 45.7. The fourth-order valence-corrected chi connectivity index (χ4v) is 11.9. The maximum atomic E-state index is 13.5. The standard InChI is InChI=1S/C37H58O5/c1-22(2)25(24-9-8-14-36(20-24)12-6-7-13-36)17-30(38)23(3)26-11-16-37(42)28-18-31(39)29-19-32(40)33(41)21-34(29,4)27(28)10-15-35(26,37)5/h18,22-23,26-27,29-30,32-33,38,40-42H,6-17,19-21H2,1-5H3/b25-24+/t23-,26+,27-,29-,30+,32+,33-,34+,35+,37+/m0/s1. The maximum Gasteiger partial charge on any atom is 0.159 e. The smallest absolute Gasteiger partial charge is 0.159 e. The lowest BCUT2D eigenvalue weighted by atomic mass is 9.46. The van der Waals surface area contributed by atoms with Crippen LogP contribution in [0.25, 0.3) is 0 Å². The maximum absolute atomic E-state index is 13.5. The van der Waals surface area contributed by atoms with Gasteiger partial charge in [0.2, 0.25) is 0 Å². The summed E-state index contributed by atoms with van der Waals surface area (Å²) in [5.41, 5.74) is 2.59. The molecule has 5 nitrogen and oxygen atoms in total. The van der Waals surface area contributed by atoms with E-state index in [0.717, 1.165) is 31.3 Å². The van der Waals surface area contributed by atoms with Crippen molar-refractivity contribution in [3.05, 3.63) is 22.8 Å². The van der Waals surface area contributed by atoms with E-state index < -0.39 is 34.7 Å². The monoisotopic (exact) mass is 582 g/mol. The Bertz CT molecular complexity index is 1130. The summed E-state index contributed by atoms with van der Waals surface area (Å²) in [6, 6.07) is 0. The average molecular weight is 583 g/mol. The van der Waals surface area contributed by atoms with Gasteiger partial charge in [0.05, 0.1) is 23.9 Å². The molecule has 0 saturated heterocycles. The van der Waals surface area contributed by atoms with Crippen molar-refractivity contribution in [2.24, 2.45) is 45.8 Å². The summed E-state index contributed by atoms with van der Waals surface area (Å²) in [6.07, 6.45) is 14.8. The number of aliphatic hydroxyl groups is 4. The van der Waals surface area contributed by atoms with Crippen LogP contribution in [-0.2, 0) is 4.79 Å². The molecule has 6 aliphatic carbocycles. The number of hydrogen-bond donors (Lipinski definition) is 4. The highest BCUT2D eigenvalue weighted by Crippen LogP contribution is 2.68. The predicted octanol–water partition coefficient (Wildman–Crippen LogP) is 6.67. The molecule has 1 spiro atoms. The van der Waals surface area contributed by atoms with Gasteiger partial charge in [0, 0.05) is 11.3 Å². The summed E-state index contributed by atoms with van der Waals surface area (Å²) in [7, 11) is 0. The van der Waals surface area contributed by atoms with Crippen molar-refractivity contribution in [3.63, 3.8) is 0 Å². The zero-order valence-electron chi connectivity index (χ0n) is 27.0. The van der Waals surface area contributed by atoms with E-state index in [1.54, 1.807) is 11.6 Å². The Balaban J connectivity index is 1.24. The van der Waals surface area contributed by atoms with Gasteiger partial charge in [-0.2, -0.15) is 0 Å². The molecule has 0 radical (unpaired) electrons. The Morgan fingerprint density at radius 2 is 1.64 bits per heavy atom. The van der Waals surface area contributed by atoms with Crippen molar-refractivity contribution in [2.45, 2.75) is 155 Å². The molecule has 5 heteroatoms. The highest BCUT2D eigenvalue weighted by Gasteiger charge is 2.67. The molecule has 0 unspecified atom stereocenters. The first kappa shape index (κ1) is 31.0. The van der Waals surface area contributed by atoms with E-state index in [9.17, 15) is 25.2 Å². The van der Waals surface area contributed by atoms with Crippen LogP contribution in [-0.4, -0.2) is 50.1 Å². The molecule has 0 aromatic rings. The van der Waals surface area contributed by atoms with Crippen LogP contribution in [0.4, 0.5) is 0 Å². The third kappa shape index (κ3) is 4.65. The lowest BCUT2D eigenvalue weighted by molar-refractivity contribution is -0.154. The zero-order valence-corrected chi connectivity index (χ0v) is 27.0. The number of fused-ring (bicyclic) bond motifs is 5. The molecule has 42 heavy (non-hydrogen) atoms. The van der Waals surface area contributed by atoms with Gasteiger partial charge in [-0.25, -0.2) is 0 Å². The van der Waals surface area contributed by atoms with Gasteiger partial charge < -0.3 is 20.4 Å². The fourth-order valence-electron chi connectivity index (χ4n) is 11.9. The zero-order chi connectivity index (χ0) is 30.2. The van der Waals surface area contributed by atoms with Crippen LogP contribution in [0, 0.1) is 45.8 Å². The van der Waals surface area contributed by atoms with Gasteiger partial charge in [-0.1, -0.05) is 58.6 Å². The molecule has 10 atom stereocenters. The molecular weight excluding hydrogens is 524 g/mol. The molecule has 5 saturated carbocycles. The summed E-state index contributed by atoms with van der Waals surface area (Å²) in [6.45, 7) is 11.1. The van der Waals surface area contributed by atoms with Crippen molar-refractivity contribution in [2.75, 3.05) is 0 Å². The number of aliphatic hydroxyl groups excluding tert-OH is 3. The predicted molar refractivity (Wildman–Crippen MR) is 165 cm³/mol. The third-order valence-corrected chi connectivity index (χ3v) is 14.4. The Kier molecular flexibility index (Phi) is 7.98. The van der Waals surface area contributed by atoms with Crippen LogP contribution < -0.4 is 0 Å². The van der Waals surface area contributed by atoms with Crippen molar-refractivity contribution in [3.8, 4) is 0 Å². The minimum absolute atomic E-state index is 0.00428. The van der Waals surface area contributed by atoms with Crippen molar-refractivity contribution in [1.29, 1.82) is 0 Å². The van der Waals surface area contributed by atoms with Gasteiger partial charge in [0.1, 0.15) is 0 Å². The number of rotatable bonds is 5. The highest BCUT2D eigenvalue weighted by molar-refractivity contribution is 5.95. The van der Waals surface area contributed by atoms with Gasteiger partial charge >= 0.3 is 0 Å². The summed E-state index contributed by atoms with van der Waals surface area (Å²) in [4.78, 5) is 13.5. The van der Waals surface area contributed by atoms with Crippen LogP contribution in [0.2, 0.25) is 0 Å². The minimum atomic E-state index is -1.07. The van der Waals surface area contributed by atoms with E-state index in [-0.39, 0.29) is 29.5 Å². The molecule has 236 valence electrons. The van der Waals surface area contributed by atoms with Crippen molar-refractivity contribution >= 4 is 5.78 Å². The number of hydrogen-bond acceptors (Lipinski definition) is 5. The minimum Gasteiger partial charge on any atom is -0.393 e. The van der Waals surface area contributed by atoms with Crippen LogP contribution in [0.15, 0.2) is 22.8 Å². The molecule has 0 aromatic carbocycles. The molecule has 6 rings (SSSR count). The van der Waals surface area contributed by atoms with Gasteiger partial charge in [0.15, 0.2) is 5.78 Å². The number of allylic oxidation sites excluding steroid dienone is 2. The Labute approximate surface area is 254 Å². The van der Waals surface area contributed by atoms with Crippen molar-refractivity contribution < 1.29 is 25.2 Å². The lowest BCUT2D eigenvalue weighted by Gasteiger charge is -2.60. The first-order chi connectivity index (χ1) is 19.7. The molecule has 4 N–H and O–H groups in total. The molecular formula is C37H58O5. The van der Waals surface area contributed by atoms with E-state index in [1.165, 1.54) is 56.9 Å².